The maximum Gasteiger partial charge on any atom is 0.254 e. The Kier molecular flexibility index (Phi) is 4.18. The lowest BCUT2D eigenvalue weighted by atomic mass is 10.2. The number of aryl methyl sites for hydroxylation is 1. The predicted molar refractivity (Wildman–Crippen MR) is 99.1 cm³/mol. The number of aromatic nitrogens is 5. The van der Waals surface area contributed by atoms with E-state index in [1.807, 2.05) is 49.4 Å². The van der Waals surface area contributed by atoms with Crippen LogP contribution in [0.3, 0.4) is 0 Å². The van der Waals surface area contributed by atoms with Crippen LogP contribution in [-0.2, 0) is 6.54 Å². The number of methoxy groups -OCH3 is 1. The number of ether oxygens (including phenoxy) is 1. The summed E-state index contributed by atoms with van der Waals surface area (Å²) in [5, 5.41) is 8.00. The second kappa shape index (κ2) is 6.79. The molecule has 0 aliphatic heterocycles. The van der Waals surface area contributed by atoms with Crippen molar-refractivity contribution < 1.29 is 4.74 Å². The van der Waals surface area contributed by atoms with Crippen LogP contribution >= 0.6 is 0 Å². The molecule has 0 atom stereocenters. The van der Waals surface area contributed by atoms with Crippen LogP contribution in [0.4, 0.5) is 5.82 Å². The third kappa shape index (κ3) is 3.19. The van der Waals surface area contributed by atoms with Gasteiger partial charge in [0.2, 0.25) is 0 Å². The number of pyridine rings is 1. The van der Waals surface area contributed by atoms with Crippen LogP contribution in [0, 0.1) is 6.92 Å². The van der Waals surface area contributed by atoms with Crippen molar-refractivity contribution in [1.82, 2.24) is 24.6 Å². The Balaban J connectivity index is 1.64. The molecule has 0 radical (unpaired) electrons. The smallest absolute Gasteiger partial charge is 0.254 e. The molecule has 4 rings (SSSR count). The average molecular weight is 346 g/mol. The molecule has 7 heteroatoms. The first-order valence-corrected chi connectivity index (χ1v) is 8.24. The Labute approximate surface area is 150 Å². The van der Waals surface area contributed by atoms with Crippen molar-refractivity contribution in [3.05, 3.63) is 66.1 Å². The van der Waals surface area contributed by atoms with Gasteiger partial charge in [-0.15, -0.1) is 5.10 Å². The Bertz CT molecular complexity index is 1030. The van der Waals surface area contributed by atoms with Crippen molar-refractivity contribution >= 4 is 11.6 Å². The van der Waals surface area contributed by atoms with E-state index in [0.29, 0.717) is 18.1 Å². The molecule has 0 amide bonds. The molecule has 0 saturated heterocycles. The lowest BCUT2D eigenvalue weighted by Crippen LogP contribution is -2.07. The van der Waals surface area contributed by atoms with E-state index in [4.69, 9.17) is 4.74 Å². The molecule has 0 fully saturated rings. The van der Waals surface area contributed by atoms with Crippen LogP contribution in [-0.4, -0.2) is 31.7 Å². The zero-order valence-corrected chi connectivity index (χ0v) is 14.5. The summed E-state index contributed by atoms with van der Waals surface area (Å²) in [6, 6.07) is 13.7. The van der Waals surface area contributed by atoms with E-state index in [1.165, 1.54) is 0 Å². The summed E-state index contributed by atoms with van der Waals surface area (Å²) in [4.78, 5) is 13.1. The van der Waals surface area contributed by atoms with E-state index in [0.717, 1.165) is 28.4 Å². The quantitative estimate of drug-likeness (QED) is 0.598. The van der Waals surface area contributed by atoms with Gasteiger partial charge in [-0.3, -0.25) is 4.98 Å². The highest BCUT2D eigenvalue weighted by molar-refractivity contribution is 5.57. The molecule has 1 aromatic carbocycles. The van der Waals surface area contributed by atoms with Crippen LogP contribution in [0.1, 0.15) is 11.3 Å². The summed E-state index contributed by atoms with van der Waals surface area (Å²) in [5.41, 5.74) is 2.87. The summed E-state index contributed by atoms with van der Waals surface area (Å²) < 4.78 is 6.92. The van der Waals surface area contributed by atoms with E-state index >= 15 is 0 Å². The number of rotatable bonds is 5. The van der Waals surface area contributed by atoms with Crippen molar-refractivity contribution in [2.24, 2.45) is 0 Å². The summed E-state index contributed by atoms with van der Waals surface area (Å²) in [6.45, 7) is 2.60. The Morgan fingerprint density at radius 3 is 2.69 bits per heavy atom. The van der Waals surface area contributed by atoms with E-state index in [2.05, 4.69) is 25.4 Å². The van der Waals surface area contributed by atoms with Crippen LogP contribution in [0.25, 0.3) is 17.2 Å². The highest BCUT2D eigenvalue weighted by atomic mass is 16.5. The summed E-state index contributed by atoms with van der Waals surface area (Å²) in [5.74, 6) is 2.84. The fourth-order valence-electron chi connectivity index (χ4n) is 2.67. The summed E-state index contributed by atoms with van der Waals surface area (Å²) in [7, 11) is 1.66. The molecule has 0 aliphatic rings. The maximum atomic E-state index is 5.19. The van der Waals surface area contributed by atoms with Crippen LogP contribution in [0.2, 0.25) is 0 Å². The molecule has 4 aromatic rings. The minimum absolute atomic E-state index is 0.557. The van der Waals surface area contributed by atoms with Gasteiger partial charge < -0.3 is 10.1 Å². The Morgan fingerprint density at radius 2 is 1.96 bits per heavy atom. The van der Waals surface area contributed by atoms with Crippen molar-refractivity contribution in [3.63, 3.8) is 0 Å². The fraction of sp³-hybridized carbons (Fsp3) is 0.158. The largest absolute Gasteiger partial charge is 0.497 e. The SMILES string of the molecule is COc1ccc(CNc2cc(C)nc3nc(-c4cccnc4)nn23)cc1. The number of hydrogen-bond acceptors (Lipinski definition) is 6. The van der Waals surface area contributed by atoms with Gasteiger partial charge in [0.25, 0.3) is 5.78 Å². The molecule has 1 N–H and O–H groups in total. The monoisotopic (exact) mass is 346 g/mol. The van der Waals surface area contributed by atoms with Crippen LogP contribution in [0.15, 0.2) is 54.9 Å². The number of nitrogens with one attached hydrogen (secondary N) is 1. The molecule has 0 bridgehead atoms. The Morgan fingerprint density at radius 1 is 1.12 bits per heavy atom. The second-order valence-electron chi connectivity index (χ2n) is 5.87. The van der Waals surface area contributed by atoms with Crippen molar-refractivity contribution in [3.8, 4) is 17.1 Å². The lowest BCUT2D eigenvalue weighted by molar-refractivity contribution is 0.414. The molecule has 130 valence electrons. The molecule has 0 aliphatic carbocycles. The van der Waals surface area contributed by atoms with Crippen molar-refractivity contribution in [2.75, 3.05) is 12.4 Å². The van der Waals surface area contributed by atoms with Crippen molar-refractivity contribution in [1.29, 1.82) is 0 Å². The number of anilines is 1. The molecular formula is C19H18N6O. The number of fused-ring (bicyclic) bond motifs is 1. The molecule has 7 nitrogen and oxygen atoms in total. The van der Waals surface area contributed by atoms with Gasteiger partial charge >= 0.3 is 0 Å². The third-order valence-corrected chi connectivity index (χ3v) is 3.99. The lowest BCUT2D eigenvalue weighted by Gasteiger charge is -2.09. The van der Waals surface area contributed by atoms with E-state index < -0.39 is 0 Å². The van der Waals surface area contributed by atoms with Gasteiger partial charge in [0.15, 0.2) is 5.82 Å². The topological polar surface area (TPSA) is 77.2 Å². The Hall–Kier alpha value is -3.48. The average Bonchev–Trinajstić information content (AvgIpc) is 3.11. The number of benzene rings is 1. The van der Waals surface area contributed by atoms with Crippen LogP contribution in [0.5, 0.6) is 5.75 Å². The molecule has 0 saturated carbocycles. The van der Waals surface area contributed by atoms with Crippen LogP contribution < -0.4 is 10.1 Å². The number of hydrogen-bond donors (Lipinski definition) is 1. The maximum absolute atomic E-state index is 5.19. The minimum atomic E-state index is 0.557. The van der Waals surface area contributed by atoms with Gasteiger partial charge in [0.05, 0.1) is 7.11 Å². The zero-order valence-electron chi connectivity index (χ0n) is 14.5. The molecule has 0 unspecified atom stereocenters. The third-order valence-electron chi connectivity index (χ3n) is 3.99. The van der Waals surface area contributed by atoms with E-state index in [9.17, 15) is 0 Å². The number of nitrogens with zero attached hydrogens (tertiary/aromatic N) is 5. The highest BCUT2D eigenvalue weighted by Crippen LogP contribution is 2.19. The minimum Gasteiger partial charge on any atom is -0.497 e. The summed E-state index contributed by atoms with van der Waals surface area (Å²) in [6.07, 6.45) is 3.47. The normalized spacial score (nSPS) is 10.8. The highest BCUT2D eigenvalue weighted by Gasteiger charge is 2.11. The van der Waals surface area contributed by atoms with Gasteiger partial charge in [0, 0.05) is 36.3 Å². The first kappa shape index (κ1) is 16.0. The molecule has 3 heterocycles. The first-order chi connectivity index (χ1) is 12.7. The summed E-state index contributed by atoms with van der Waals surface area (Å²) >= 11 is 0. The standard InChI is InChI=1S/C19H18N6O/c1-13-10-17(21-11-14-5-7-16(26-2)8-6-14)25-19(22-13)23-18(24-25)15-4-3-9-20-12-15/h3-10,12,21H,11H2,1-2H3. The molecule has 26 heavy (non-hydrogen) atoms. The van der Waals surface area contributed by atoms with Crippen molar-refractivity contribution in [2.45, 2.75) is 13.5 Å². The molecular weight excluding hydrogens is 328 g/mol. The predicted octanol–water partition coefficient (Wildman–Crippen LogP) is 3.12. The second-order valence-corrected chi connectivity index (χ2v) is 5.87. The van der Waals surface area contributed by atoms with Gasteiger partial charge in [0.1, 0.15) is 11.6 Å². The van der Waals surface area contributed by atoms with Gasteiger partial charge in [-0.25, -0.2) is 4.98 Å². The van der Waals surface area contributed by atoms with Gasteiger partial charge in [-0.2, -0.15) is 9.50 Å². The zero-order chi connectivity index (χ0) is 17.9. The van der Waals surface area contributed by atoms with Gasteiger partial charge in [-0.05, 0) is 36.8 Å². The molecule has 3 aromatic heterocycles. The fourth-order valence-corrected chi connectivity index (χ4v) is 2.67. The first-order valence-electron chi connectivity index (χ1n) is 8.24. The van der Waals surface area contributed by atoms with E-state index in [1.54, 1.807) is 24.0 Å². The molecule has 0 spiro atoms. The van der Waals surface area contributed by atoms with Gasteiger partial charge in [-0.1, -0.05) is 12.1 Å². The van der Waals surface area contributed by atoms with E-state index in [-0.39, 0.29) is 0 Å².